The van der Waals surface area contributed by atoms with Gasteiger partial charge in [0, 0.05) is 29.1 Å². The van der Waals surface area contributed by atoms with E-state index in [4.69, 9.17) is 4.42 Å². The van der Waals surface area contributed by atoms with Gasteiger partial charge < -0.3 is 20.4 Å². The van der Waals surface area contributed by atoms with Crippen molar-refractivity contribution in [3.63, 3.8) is 0 Å². The van der Waals surface area contributed by atoms with Crippen LogP contribution in [-0.2, 0) is 4.79 Å². The molecule has 0 bridgehead atoms. The normalized spacial score (nSPS) is 15.7. The number of rotatable bonds is 5. The van der Waals surface area contributed by atoms with E-state index in [0.717, 1.165) is 0 Å². The monoisotopic (exact) mass is 436 g/mol. The number of allylic oxidation sites excluding steroid dienone is 1. The van der Waals surface area contributed by atoms with Gasteiger partial charge in [0.25, 0.3) is 11.6 Å². The van der Waals surface area contributed by atoms with Crippen LogP contribution in [0.15, 0.2) is 76.4 Å². The van der Waals surface area contributed by atoms with Gasteiger partial charge in [0.2, 0.25) is 0 Å². The van der Waals surface area contributed by atoms with E-state index >= 15 is 0 Å². The number of nitrogens with zero attached hydrogens (tertiary/aromatic N) is 1. The van der Waals surface area contributed by atoms with Crippen LogP contribution in [0.3, 0.4) is 0 Å². The second-order valence-corrected chi connectivity index (χ2v) is 7.04. The number of furan rings is 1. The number of urea groups is 1. The molecule has 0 unspecified atom stereocenters. The Bertz CT molecular complexity index is 1230. The minimum absolute atomic E-state index is 0.105. The minimum Gasteiger partial charge on any atom is -0.459 e. The lowest BCUT2D eigenvalue weighted by molar-refractivity contribution is -0.384. The molecule has 1 aliphatic rings. The average molecular weight is 436 g/mol. The third-order valence-electron chi connectivity index (χ3n) is 4.89. The summed E-state index contributed by atoms with van der Waals surface area (Å²) in [6, 6.07) is 13.0. The summed E-state index contributed by atoms with van der Waals surface area (Å²) in [6.07, 6.45) is 0. The van der Waals surface area contributed by atoms with Crippen molar-refractivity contribution >= 4 is 23.3 Å². The standard InChI is InChI=1S/C22H17FN4O5/c1-12-19(21(28)25-15-6-8-16(9-7-15)27(30)31)20(26-22(29)24-12)18-11-10-17(32-18)13-2-4-14(23)5-3-13/h2-11,20H,1H3,(H,25,28)(H2,24,26,29)/t20-/m1/s1. The first-order valence-corrected chi connectivity index (χ1v) is 9.51. The molecule has 162 valence electrons. The quantitative estimate of drug-likeness (QED) is 0.407. The Morgan fingerprint density at radius 2 is 1.78 bits per heavy atom. The lowest BCUT2D eigenvalue weighted by atomic mass is 9.99. The molecule has 4 rings (SSSR count). The third-order valence-corrected chi connectivity index (χ3v) is 4.89. The number of carbonyl (C=O) groups excluding carboxylic acids is 2. The Morgan fingerprint density at radius 1 is 1.09 bits per heavy atom. The van der Waals surface area contributed by atoms with E-state index in [-0.39, 0.29) is 17.1 Å². The van der Waals surface area contributed by atoms with E-state index in [1.807, 2.05) is 0 Å². The Morgan fingerprint density at radius 3 is 2.44 bits per heavy atom. The highest BCUT2D eigenvalue weighted by Gasteiger charge is 2.33. The average Bonchev–Trinajstić information content (AvgIpc) is 3.24. The van der Waals surface area contributed by atoms with Crippen molar-refractivity contribution in [3.8, 4) is 11.3 Å². The topological polar surface area (TPSA) is 127 Å². The van der Waals surface area contributed by atoms with Gasteiger partial charge in [-0.15, -0.1) is 0 Å². The number of nitro benzene ring substituents is 1. The summed E-state index contributed by atoms with van der Waals surface area (Å²) >= 11 is 0. The van der Waals surface area contributed by atoms with Gasteiger partial charge in [0.05, 0.1) is 10.5 Å². The number of halogens is 1. The summed E-state index contributed by atoms with van der Waals surface area (Å²) in [7, 11) is 0. The van der Waals surface area contributed by atoms with E-state index in [2.05, 4.69) is 16.0 Å². The summed E-state index contributed by atoms with van der Waals surface area (Å²) in [4.78, 5) is 35.4. The molecule has 1 aliphatic heterocycles. The lowest BCUT2D eigenvalue weighted by Gasteiger charge is -2.27. The summed E-state index contributed by atoms with van der Waals surface area (Å²) in [5.74, 6) is -0.142. The van der Waals surface area contributed by atoms with Crippen molar-refractivity contribution in [1.29, 1.82) is 0 Å². The van der Waals surface area contributed by atoms with E-state index < -0.39 is 22.9 Å². The molecule has 2 aromatic carbocycles. The first-order chi connectivity index (χ1) is 15.3. The fourth-order valence-corrected chi connectivity index (χ4v) is 3.35. The second kappa shape index (κ2) is 8.34. The molecule has 10 heteroatoms. The van der Waals surface area contributed by atoms with Crippen LogP contribution in [0.1, 0.15) is 18.7 Å². The Hall–Kier alpha value is -4.47. The van der Waals surface area contributed by atoms with Crippen molar-refractivity contribution in [3.05, 3.63) is 93.6 Å². The summed E-state index contributed by atoms with van der Waals surface area (Å²) in [6.45, 7) is 1.58. The highest BCUT2D eigenvalue weighted by molar-refractivity contribution is 6.06. The van der Waals surface area contributed by atoms with Gasteiger partial charge in [-0.05, 0) is 55.5 Å². The van der Waals surface area contributed by atoms with Crippen LogP contribution in [0.5, 0.6) is 0 Å². The van der Waals surface area contributed by atoms with Gasteiger partial charge in [0.1, 0.15) is 23.4 Å². The molecule has 9 nitrogen and oxygen atoms in total. The maximum Gasteiger partial charge on any atom is 0.319 e. The molecule has 0 fully saturated rings. The van der Waals surface area contributed by atoms with Crippen LogP contribution in [0, 0.1) is 15.9 Å². The van der Waals surface area contributed by atoms with Crippen molar-refractivity contribution in [2.24, 2.45) is 0 Å². The highest BCUT2D eigenvalue weighted by atomic mass is 19.1. The molecule has 3 aromatic rings. The number of non-ortho nitro benzene ring substituents is 1. The van der Waals surface area contributed by atoms with Gasteiger partial charge in [0.15, 0.2) is 0 Å². The molecular formula is C22H17FN4O5. The van der Waals surface area contributed by atoms with Crippen LogP contribution < -0.4 is 16.0 Å². The minimum atomic E-state index is -0.879. The molecule has 0 saturated heterocycles. The van der Waals surface area contributed by atoms with E-state index in [1.165, 1.54) is 36.4 Å². The molecular weight excluding hydrogens is 419 g/mol. The van der Waals surface area contributed by atoms with Crippen molar-refractivity contribution in [2.45, 2.75) is 13.0 Å². The van der Waals surface area contributed by atoms with Gasteiger partial charge in [-0.3, -0.25) is 14.9 Å². The Balaban J connectivity index is 1.62. The summed E-state index contributed by atoms with van der Waals surface area (Å²) < 4.78 is 19.1. The number of anilines is 1. The third kappa shape index (κ3) is 4.19. The van der Waals surface area contributed by atoms with Crippen LogP contribution >= 0.6 is 0 Å². The predicted molar refractivity (Wildman–Crippen MR) is 113 cm³/mol. The zero-order valence-corrected chi connectivity index (χ0v) is 16.7. The van der Waals surface area contributed by atoms with E-state index in [1.54, 1.807) is 31.2 Å². The number of hydrogen-bond acceptors (Lipinski definition) is 5. The first-order valence-electron chi connectivity index (χ1n) is 9.51. The molecule has 2 heterocycles. The fraction of sp³-hybridized carbons (Fsp3) is 0.0909. The van der Waals surface area contributed by atoms with Crippen molar-refractivity contribution in [2.75, 3.05) is 5.32 Å². The molecule has 0 aliphatic carbocycles. The largest absolute Gasteiger partial charge is 0.459 e. The molecule has 3 amide bonds. The molecule has 0 saturated carbocycles. The van der Waals surface area contributed by atoms with Gasteiger partial charge in [-0.1, -0.05) is 0 Å². The van der Waals surface area contributed by atoms with E-state index in [9.17, 15) is 24.1 Å². The maximum atomic E-state index is 13.2. The zero-order chi connectivity index (χ0) is 22.8. The SMILES string of the molecule is CC1=C(C(=O)Nc2ccc([N+](=O)[O-])cc2)[C@@H](c2ccc(-c3ccc(F)cc3)o2)NC(=O)N1. The van der Waals surface area contributed by atoms with Crippen LogP contribution in [-0.4, -0.2) is 16.9 Å². The lowest BCUT2D eigenvalue weighted by Crippen LogP contribution is -2.45. The molecule has 3 N–H and O–H groups in total. The fourth-order valence-electron chi connectivity index (χ4n) is 3.35. The molecule has 1 aromatic heterocycles. The number of nitro groups is 1. The Kier molecular flexibility index (Phi) is 5.42. The number of carbonyl (C=O) groups is 2. The van der Waals surface area contributed by atoms with Gasteiger partial charge in [-0.2, -0.15) is 0 Å². The molecule has 1 atom stereocenters. The highest BCUT2D eigenvalue weighted by Crippen LogP contribution is 2.32. The zero-order valence-electron chi connectivity index (χ0n) is 16.7. The predicted octanol–water partition coefficient (Wildman–Crippen LogP) is 4.26. The van der Waals surface area contributed by atoms with E-state index in [0.29, 0.717) is 28.5 Å². The Labute approximate surface area is 181 Å². The van der Waals surface area contributed by atoms with Crippen LogP contribution in [0.25, 0.3) is 11.3 Å². The maximum absolute atomic E-state index is 13.2. The van der Waals surface area contributed by atoms with Crippen molar-refractivity contribution < 1.29 is 23.3 Å². The van der Waals surface area contributed by atoms with Crippen LogP contribution in [0.4, 0.5) is 20.6 Å². The number of amides is 3. The first kappa shape index (κ1) is 20.8. The number of nitrogens with one attached hydrogen (secondary N) is 3. The van der Waals surface area contributed by atoms with Gasteiger partial charge in [-0.25, -0.2) is 9.18 Å². The molecule has 0 spiro atoms. The summed E-state index contributed by atoms with van der Waals surface area (Å²) in [5.41, 5.74) is 1.42. The van der Waals surface area contributed by atoms with Gasteiger partial charge >= 0.3 is 6.03 Å². The smallest absolute Gasteiger partial charge is 0.319 e. The molecule has 0 radical (unpaired) electrons. The molecule has 32 heavy (non-hydrogen) atoms. The van der Waals surface area contributed by atoms with Crippen LogP contribution in [0.2, 0.25) is 0 Å². The second-order valence-electron chi connectivity index (χ2n) is 7.04. The number of benzene rings is 2. The number of hydrogen-bond donors (Lipinski definition) is 3. The van der Waals surface area contributed by atoms with Crippen molar-refractivity contribution in [1.82, 2.24) is 10.6 Å². The summed E-state index contributed by atoms with van der Waals surface area (Å²) in [5, 5.41) is 18.7.